The summed E-state index contributed by atoms with van der Waals surface area (Å²) in [6.45, 7) is 8.62. The van der Waals surface area contributed by atoms with Crippen molar-refractivity contribution >= 4 is 23.2 Å². The molecule has 0 bridgehead atoms. The van der Waals surface area contributed by atoms with Crippen LogP contribution in [0.1, 0.15) is 28.7 Å². The second kappa shape index (κ2) is 9.62. The number of quaternary nitrogens is 2. The number of hydrogen-bond donors (Lipinski definition) is 4. The van der Waals surface area contributed by atoms with Crippen LogP contribution in [0.5, 0.6) is 0 Å². The summed E-state index contributed by atoms with van der Waals surface area (Å²) in [6.07, 6.45) is 3.49. The molecule has 1 heterocycles. The third-order valence-electron chi connectivity index (χ3n) is 6.61. The standard InChI is InChI=1S/C25H32N4O2/c1-18-5-3-6-19(2)25(18)27-24(31)17-29-13-11-28(12-14-29)16-23(30)26-22-10-9-20-7-4-8-21(20)15-22/h3,5-6,9-10,15H,4,7-8,11-14,16-17H2,1-2H3,(H,26,30)(H,27,31)/p+2. The van der Waals surface area contributed by atoms with E-state index in [1.807, 2.05) is 38.1 Å². The molecule has 6 nitrogen and oxygen atoms in total. The quantitative estimate of drug-likeness (QED) is 0.536. The molecular weight excluding hydrogens is 388 g/mol. The zero-order chi connectivity index (χ0) is 21.8. The molecule has 0 spiro atoms. The van der Waals surface area contributed by atoms with Crippen LogP contribution in [0.3, 0.4) is 0 Å². The molecule has 6 heteroatoms. The van der Waals surface area contributed by atoms with E-state index in [0.29, 0.717) is 13.1 Å². The SMILES string of the molecule is Cc1cccc(C)c1NC(=O)C[NH+]1CC[NH+](CC(=O)Nc2ccc3c(c2)CCC3)CC1. The van der Waals surface area contributed by atoms with E-state index >= 15 is 0 Å². The van der Waals surface area contributed by atoms with Gasteiger partial charge in [0, 0.05) is 11.4 Å². The number of aryl methyl sites for hydroxylation is 4. The van der Waals surface area contributed by atoms with Gasteiger partial charge in [-0.2, -0.15) is 0 Å². The van der Waals surface area contributed by atoms with E-state index in [0.717, 1.165) is 61.5 Å². The fourth-order valence-corrected chi connectivity index (χ4v) is 4.81. The predicted molar refractivity (Wildman–Crippen MR) is 123 cm³/mol. The maximum atomic E-state index is 12.5. The van der Waals surface area contributed by atoms with E-state index < -0.39 is 0 Å². The van der Waals surface area contributed by atoms with Crippen molar-refractivity contribution in [2.75, 3.05) is 49.9 Å². The molecule has 4 rings (SSSR count). The highest BCUT2D eigenvalue weighted by Crippen LogP contribution is 2.24. The van der Waals surface area contributed by atoms with Gasteiger partial charge in [0.25, 0.3) is 11.8 Å². The number of amides is 2. The highest BCUT2D eigenvalue weighted by atomic mass is 16.2. The molecule has 2 amide bonds. The summed E-state index contributed by atoms with van der Waals surface area (Å²) in [5.74, 6) is 0.134. The molecule has 1 fully saturated rings. The van der Waals surface area contributed by atoms with Crippen LogP contribution in [0, 0.1) is 13.8 Å². The van der Waals surface area contributed by atoms with E-state index in [2.05, 4.69) is 22.8 Å². The topological polar surface area (TPSA) is 67.1 Å². The third-order valence-corrected chi connectivity index (χ3v) is 6.61. The minimum Gasteiger partial charge on any atom is -0.321 e. The Morgan fingerprint density at radius 2 is 1.39 bits per heavy atom. The zero-order valence-corrected chi connectivity index (χ0v) is 18.6. The summed E-state index contributed by atoms with van der Waals surface area (Å²) in [7, 11) is 0. The average Bonchev–Trinajstić information content (AvgIpc) is 3.20. The Hall–Kier alpha value is -2.70. The molecule has 0 radical (unpaired) electrons. The molecule has 1 aliphatic heterocycles. The fourth-order valence-electron chi connectivity index (χ4n) is 4.81. The Bertz CT molecular complexity index is 944. The number of carbonyl (C=O) groups excluding carboxylic acids is 2. The minimum atomic E-state index is 0.0604. The first kappa shape index (κ1) is 21.5. The number of hydrogen-bond acceptors (Lipinski definition) is 2. The zero-order valence-electron chi connectivity index (χ0n) is 18.6. The summed E-state index contributed by atoms with van der Waals surface area (Å²) in [4.78, 5) is 27.6. The van der Waals surface area contributed by atoms with Crippen molar-refractivity contribution in [1.29, 1.82) is 0 Å². The van der Waals surface area contributed by atoms with Crippen LogP contribution in [0.4, 0.5) is 11.4 Å². The van der Waals surface area contributed by atoms with E-state index in [1.54, 1.807) is 0 Å². The summed E-state index contributed by atoms with van der Waals surface area (Å²) in [6, 6.07) is 12.3. The Kier molecular flexibility index (Phi) is 6.68. The molecule has 0 unspecified atom stereocenters. The maximum Gasteiger partial charge on any atom is 0.279 e. The van der Waals surface area contributed by atoms with Gasteiger partial charge in [0.2, 0.25) is 0 Å². The summed E-state index contributed by atoms with van der Waals surface area (Å²) in [5.41, 5.74) is 6.82. The first-order valence-electron chi connectivity index (χ1n) is 11.4. The van der Waals surface area contributed by atoms with Crippen LogP contribution < -0.4 is 20.4 Å². The van der Waals surface area contributed by atoms with Gasteiger partial charge in [-0.1, -0.05) is 24.3 Å². The molecule has 0 atom stereocenters. The van der Waals surface area contributed by atoms with Crippen molar-refractivity contribution in [3.63, 3.8) is 0 Å². The highest BCUT2D eigenvalue weighted by molar-refractivity contribution is 5.93. The van der Waals surface area contributed by atoms with Crippen molar-refractivity contribution in [1.82, 2.24) is 0 Å². The Labute approximate surface area is 184 Å². The van der Waals surface area contributed by atoms with Gasteiger partial charge in [0.1, 0.15) is 26.2 Å². The van der Waals surface area contributed by atoms with E-state index in [-0.39, 0.29) is 11.8 Å². The van der Waals surface area contributed by atoms with Gasteiger partial charge < -0.3 is 20.4 Å². The van der Waals surface area contributed by atoms with Crippen LogP contribution in [0.25, 0.3) is 0 Å². The Morgan fingerprint density at radius 1 is 0.806 bits per heavy atom. The van der Waals surface area contributed by atoms with E-state index in [9.17, 15) is 9.59 Å². The number of para-hydroxylation sites is 1. The fraction of sp³-hybridized carbons (Fsp3) is 0.440. The van der Waals surface area contributed by atoms with Crippen LogP contribution in [-0.4, -0.2) is 51.1 Å². The smallest absolute Gasteiger partial charge is 0.279 e. The number of rotatable bonds is 6. The number of anilines is 2. The number of piperazine rings is 1. The molecule has 2 aromatic rings. The molecule has 2 aromatic carbocycles. The lowest BCUT2D eigenvalue weighted by Gasteiger charge is -2.29. The van der Waals surface area contributed by atoms with Crippen molar-refractivity contribution in [3.05, 3.63) is 58.7 Å². The molecule has 2 aliphatic rings. The molecule has 1 saturated heterocycles. The number of fused-ring (bicyclic) bond motifs is 1. The van der Waals surface area contributed by atoms with Gasteiger partial charge in [-0.05, 0) is 67.5 Å². The molecule has 0 aromatic heterocycles. The van der Waals surface area contributed by atoms with Gasteiger partial charge in [-0.15, -0.1) is 0 Å². The van der Waals surface area contributed by atoms with Gasteiger partial charge in [-0.25, -0.2) is 0 Å². The number of benzene rings is 2. The largest absolute Gasteiger partial charge is 0.321 e. The molecule has 1 aliphatic carbocycles. The lowest BCUT2D eigenvalue weighted by atomic mass is 10.1. The Morgan fingerprint density at radius 3 is 2.03 bits per heavy atom. The summed E-state index contributed by atoms with van der Waals surface area (Å²) in [5, 5.41) is 6.15. The van der Waals surface area contributed by atoms with Gasteiger partial charge in [0.15, 0.2) is 13.1 Å². The average molecular weight is 423 g/mol. The predicted octanol–water partition coefficient (Wildman–Crippen LogP) is 0.153. The second-order valence-electron chi connectivity index (χ2n) is 9.05. The molecule has 4 N–H and O–H groups in total. The van der Waals surface area contributed by atoms with Crippen molar-refractivity contribution in [3.8, 4) is 0 Å². The number of nitrogens with one attached hydrogen (secondary N) is 4. The first-order chi connectivity index (χ1) is 15.0. The molecule has 0 saturated carbocycles. The molecular formula is C25H34N4O2+2. The Balaban J connectivity index is 1.20. The van der Waals surface area contributed by atoms with Crippen LogP contribution in [0.2, 0.25) is 0 Å². The summed E-state index contributed by atoms with van der Waals surface area (Å²) < 4.78 is 0. The molecule has 31 heavy (non-hydrogen) atoms. The summed E-state index contributed by atoms with van der Waals surface area (Å²) >= 11 is 0. The normalized spacial score (nSPS) is 20.2. The van der Waals surface area contributed by atoms with Crippen molar-refractivity contribution in [2.24, 2.45) is 0 Å². The van der Waals surface area contributed by atoms with Gasteiger partial charge in [-0.3, -0.25) is 9.59 Å². The van der Waals surface area contributed by atoms with Gasteiger partial charge in [0.05, 0.1) is 0 Å². The third kappa shape index (κ3) is 5.51. The van der Waals surface area contributed by atoms with E-state index in [4.69, 9.17) is 0 Å². The lowest BCUT2D eigenvalue weighted by Crippen LogP contribution is -3.28. The second-order valence-corrected chi connectivity index (χ2v) is 9.05. The molecule has 164 valence electrons. The maximum absolute atomic E-state index is 12.5. The van der Waals surface area contributed by atoms with Crippen LogP contribution >= 0.6 is 0 Å². The highest BCUT2D eigenvalue weighted by Gasteiger charge is 2.26. The lowest BCUT2D eigenvalue weighted by molar-refractivity contribution is -1.00. The van der Waals surface area contributed by atoms with E-state index in [1.165, 1.54) is 27.3 Å². The van der Waals surface area contributed by atoms with Crippen molar-refractivity contribution < 1.29 is 19.4 Å². The minimum absolute atomic E-state index is 0.0604. The van der Waals surface area contributed by atoms with Gasteiger partial charge >= 0.3 is 0 Å². The van der Waals surface area contributed by atoms with Crippen LogP contribution in [-0.2, 0) is 22.4 Å². The first-order valence-corrected chi connectivity index (χ1v) is 11.4. The number of carbonyl (C=O) groups is 2. The van der Waals surface area contributed by atoms with Crippen molar-refractivity contribution in [2.45, 2.75) is 33.1 Å². The monoisotopic (exact) mass is 422 g/mol. The van der Waals surface area contributed by atoms with Crippen LogP contribution in [0.15, 0.2) is 36.4 Å².